The van der Waals surface area contributed by atoms with E-state index in [1.165, 1.54) is 50.1 Å². The van der Waals surface area contributed by atoms with Crippen LogP contribution in [-0.4, -0.2) is 32.3 Å². The molecule has 2 aliphatic heterocycles. The van der Waals surface area contributed by atoms with E-state index in [2.05, 4.69) is 41.4 Å². The number of anilines is 2. The molecule has 2 aliphatic rings. The third-order valence-electron chi connectivity index (χ3n) is 4.57. The average molecular weight is 274 g/mol. The maximum absolute atomic E-state index is 5.63. The molecule has 1 N–H and O–H groups in total. The first-order valence-corrected chi connectivity index (χ1v) is 8.02. The van der Waals surface area contributed by atoms with E-state index in [1.54, 1.807) is 0 Å². The topological polar surface area (TPSA) is 24.5 Å². The lowest BCUT2D eigenvalue weighted by atomic mass is 9.99. The minimum Gasteiger partial charge on any atom is -0.382 e. The van der Waals surface area contributed by atoms with Gasteiger partial charge >= 0.3 is 0 Å². The molecule has 0 bridgehead atoms. The van der Waals surface area contributed by atoms with Gasteiger partial charge in [0, 0.05) is 37.6 Å². The predicted octanol–water partition coefficient (Wildman–Crippen LogP) is 3.51. The van der Waals surface area contributed by atoms with Gasteiger partial charge in [0.2, 0.25) is 0 Å². The fraction of sp³-hybridized carbons (Fsp3) is 0.647. The fourth-order valence-corrected chi connectivity index (χ4v) is 3.09. The third kappa shape index (κ3) is 3.45. The van der Waals surface area contributed by atoms with E-state index in [0.717, 1.165) is 19.1 Å². The molecule has 3 heteroatoms. The van der Waals surface area contributed by atoms with E-state index in [9.17, 15) is 0 Å². The van der Waals surface area contributed by atoms with Crippen molar-refractivity contribution in [1.29, 1.82) is 0 Å². The quantitative estimate of drug-likeness (QED) is 0.909. The normalized spacial score (nSPS) is 24.1. The van der Waals surface area contributed by atoms with E-state index >= 15 is 0 Å². The highest BCUT2D eigenvalue weighted by Gasteiger charge is 2.16. The van der Waals surface area contributed by atoms with E-state index in [1.807, 2.05) is 0 Å². The summed E-state index contributed by atoms with van der Waals surface area (Å²) in [6.07, 6.45) is 5.44. The second-order valence-corrected chi connectivity index (χ2v) is 6.23. The maximum Gasteiger partial charge on any atom is 0.0748 e. The molecule has 2 saturated heterocycles. The number of hydrogen-bond donors (Lipinski definition) is 1. The van der Waals surface area contributed by atoms with Crippen LogP contribution in [-0.2, 0) is 4.74 Å². The zero-order chi connectivity index (χ0) is 13.8. The molecule has 1 aromatic carbocycles. The highest BCUT2D eigenvalue weighted by atomic mass is 16.5. The van der Waals surface area contributed by atoms with Crippen LogP contribution in [0.1, 0.15) is 32.6 Å². The lowest BCUT2D eigenvalue weighted by molar-refractivity contribution is 0.120. The molecule has 1 aromatic rings. The number of hydrogen-bond acceptors (Lipinski definition) is 3. The summed E-state index contributed by atoms with van der Waals surface area (Å²) in [5.74, 6) is 0.888. The predicted molar refractivity (Wildman–Crippen MR) is 84.5 cm³/mol. The molecule has 1 unspecified atom stereocenters. The Kier molecular flexibility index (Phi) is 4.46. The molecule has 0 radical (unpaired) electrons. The van der Waals surface area contributed by atoms with Gasteiger partial charge in [0.25, 0.3) is 0 Å². The first-order valence-electron chi connectivity index (χ1n) is 8.02. The van der Waals surface area contributed by atoms with Crippen LogP contribution in [0.3, 0.4) is 0 Å². The molecule has 0 spiro atoms. The summed E-state index contributed by atoms with van der Waals surface area (Å²) in [6, 6.07) is 8.88. The summed E-state index contributed by atoms with van der Waals surface area (Å²) in [5, 5.41) is 3.48. The van der Waals surface area contributed by atoms with Crippen molar-refractivity contribution in [2.24, 2.45) is 5.92 Å². The number of piperidine rings is 1. The van der Waals surface area contributed by atoms with Gasteiger partial charge < -0.3 is 15.0 Å². The highest BCUT2D eigenvalue weighted by Crippen LogP contribution is 2.24. The van der Waals surface area contributed by atoms with Crippen molar-refractivity contribution in [3.63, 3.8) is 0 Å². The average Bonchev–Trinajstić information content (AvgIpc) is 3.00. The van der Waals surface area contributed by atoms with Crippen LogP contribution in [0.15, 0.2) is 24.3 Å². The van der Waals surface area contributed by atoms with Gasteiger partial charge in [-0.05, 0) is 55.9 Å². The van der Waals surface area contributed by atoms with Crippen molar-refractivity contribution >= 4 is 11.4 Å². The van der Waals surface area contributed by atoms with Gasteiger partial charge in [-0.1, -0.05) is 6.92 Å². The summed E-state index contributed by atoms with van der Waals surface area (Å²) in [6.45, 7) is 6.61. The van der Waals surface area contributed by atoms with E-state index in [4.69, 9.17) is 4.74 Å². The number of rotatable bonds is 4. The lowest BCUT2D eigenvalue weighted by Crippen LogP contribution is -2.32. The van der Waals surface area contributed by atoms with Crippen LogP contribution < -0.4 is 10.2 Å². The van der Waals surface area contributed by atoms with Gasteiger partial charge in [-0.15, -0.1) is 0 Å². The number of ether oxygens (including phenoxy) is 1. The Morgan fingerprint density at radius 1 is 1.15 bits per heavy atom. The zero-order valence-corrected chi connectivity index (χ0v) is 12.5. The van der Waals surface area contributed by atoms with Crippen molar-refractivity contribution < 1.29 is 4.74 Å². The summed E-state index contributed by atoms with van der Waals surface area (Å²) >= 11 is 0. The van der Waals surface area contributed by atoms with Gasteiger partial charge in [0.1, 0.15) is 0 Å². The third-order valence-corrected chi connectivity index (χ3v) is 4.57. The molecule has 110 valence electrons. The van der Waals surface area contributed by atoms with Crippen LogP contribution in [0.5, 0.6) is 0 Å². The van der Waals surface area contributed by atoms with E-state index < -0.39 is 0 Å². The molecular formula is C17H26N2O. The van der Waals surface area contributed by atoms with Crippen LogP contribution in [0.2, 0.25) is 0 Å². The van der Waals surface area contributed by atoms with Gasteiger partial charge in [-0.2, -0.15) is 0 Å². The molecule has 0 aliphatic carbocycles. The lowest BCUT2D eigenvalue weighted by Gasteiger charge is -2.32. The van der Waals surface area contributed by atoms with Gasteiger partial charge in [0.15, 0.2) is 0 Å². The minimum absolute atomic E-state index is 0.401. The Balaban J connectivity index is 1.51. The fourth-order valence-electron chi connectivity index (χ4n) is 3.09. The first-order chi connectivity index (χ1) is 9.81. The maximum atomic E-state index is 5.63. The Bertz CT molecular complexity index is 404. The molecule has 3 rings (SSSR count). The molecule has 1 atom stereocenters. The van der Waals surface area contributed by atoms with Crippen molar-refractivity contribution in [3.05, 3.63) is 24.3 Å². The Hall–Kier alpha value is -1.22. The molecule has 20 heavy (non-hydrogen) atoms. The SMILES string of the molecule is CC1CCN(c2ccc(NCC3CCCO3)cc2)CC1. The molecule has 2 fully saturated rings. The largest absolute Gasteiger partial charge is 0.382 e. The molecule has 3 nitrogen and oxygen atoms in total. The van der Waals surface area contributed by atoms with Crippen molar-refractivity contribution in [2.45, 2.75) is 38.7 Å². The van der Waals surface area contributed by atoms with Crippen molar-refractivity contribution in [2.75, 3.05) is 36.5 Å². The zero-order valence-electron chi connectivity index (χ0n) is 12.5. The van der Waals surface area contributed by atoms with E-state index in [-0.39, 0.29) is 0 Å². The smallest absolute Gasteiger partial charge is 0.0748 e. The Morgan fingerprint density at radius 2 is 1.90 bits per heavy atom. The summed E-state index contributed by atoms with van der Waals surface area (Å²) in [4.78, 5) is 2.50. The van der Waals surface area contributed by atoms with Crippen molar-refractivity contribution in [3.8, 4) is 0 Å². The van der Waals surface area contributed by atoms with Gasteiger partial charge in [-0.25, -0.2) is 0 Å². The number of nitrogens with one attached hydrogen (secondary N) is 1. The van der Waals surface area contributed by atoms with Crippen LogP contribution >= 0.6 is 0 Å². The molecule has 0 aromatic heterocycles. The molecule has 0 saturated carbocycles. The number of benzene rings is 1. The Labute approximate surface area is 122 Å². The monoisotopic (exact) mass is 274 g/mol. The minimum atomic E-state index is 0.401. The van der Waals surface area contributed by atoms with Crippen molar-refractivity contribution in [1.82, 2.24) is 0 Å². The molecular weight excluding hydrogens is 248 g/mol. The second-order valence-electron chi connectivity index (χ2n) is 6.23. The van der Waals surface area contributed by atoms with Gasteiger partial charge in [0.05, 0.1) is 6.10 Å². The van der Waals surface area contributed by atoms with Gasteiger partial charge in [-0.3, -0.25) is 0 Å². The van der Waals surface area contributed by atoms with Crippen LogP contribution in [0.4, 0.5) is 11.4 Å². The molecule has 2 heterocycles. The molecule has 0 amide bonds. The van der Waals surface area contributed by atoms with Crippen LogP contribution in [0.25, 0.3) is 0 Å². The Morgan fingerprint density at radius 3 is 2.55 bits per heavy atom. The second kappa shape index (κ2) is 6.49. The standard InChI is InChI=1S/C17H26N2O/c1-14-8-10-19(11-9-14)16-6-4-15(5-7-16)18-13-17-3-2-12-20-17/h4-7,14,17-18H,2-3,8-13H2,1H3. The summed E-state index contributed by atoms with van der Waals surface area (Å²) in [7, 11) is 0. The van der Waals surface area contributed by atoms with Crippen LogP contribution in [0, 0.1) is 5.92 Å². The number of nitrogens with zero attached hydrogens (tertiary/aromatic N) is 1. The van der Waals surface area contributed by atoms with E-state index in [0.29, 0.717) is 6.10 Å². The summed E-state index contributed by atoms with van der Waals surface area (Å²) < 4.78 is 5.63. The highest BCUT2D eigenvalue weighted by molar-refractivity contribution is 5.55. The summed E-state index contributed by atoms with van der Waals surface area (Å²) in [5.41, 5.74) is 2.56. The first kappa shape index (κ1) is 13.7.